The molecule has 0 radical (unpaired) electrons. The summed E-state index contributed by atoms with van der Waals surface area (Å²) in [7, 11) is 0. The van der Waals surface area contributed by atoms with E-state index < -0.39 is 0 Å². The van der Waals surface area contributed by atoms with Crippen molar-refractivity contribution < 1.29 is 18.4 Å². The molecule has 0 spiro atoms. The number of carbonyl (C=O) groups is 1. The zero-order valence-electron chi connectivity index (χ0n) is 13.7. The molecule has 26 heavy (non-hydrogen) atoms. The second-order valence-corrected chi connectivity index (χ2v) is 6.03. The van der Waals surface area contributed by atoms with E-state index in [1.807, 2.05) is 12.1 Å². The number of benzene rings is 2. The van der Waals surface area contributed by atoms with Gasteiger partial charge in [-0.2, -0.15) is 0 Å². The molecule has 0 bridgehead atoms. The zero-order chi connectivity index (χ0) is 18.4. The van der Waals surface area contributed by atoms with Gasteiger partial charge < -0.3 is 14.6 Å². The van der Waals surface area contributed by atoms with Gasteiger partial charge >= 0.3 is 0 Å². The average Bonchev–Trinajstić information content (AvgIpc) is 3.09. The third-order valence-electron chi connectivity index (χ3n) is 3.55. The summed E-state index contributed by atoms with van der Waals surface area (Å²) < 4.78 is 23.5. The van der Waals surface area contributed by atoms with Crippen LogP contribution in [0.5, 0.6) is 0 Å². The topological polar surface area (TPSA) is 64.4 Å². The van der Waals surface area contributed by atoms with Crippen LogP contribution in [-0.2, 0) is 22.7 Å². The van der Waals surface area contributed by atoms with Crippen LogP contribution in [0.3, 0.4) is 0 Å². The number of halogens is 2. The van der Waals surface area contributed by atoms with Crippen molar-refractivity contribution in [2.75, 3.05) is 6.61 Å². The standard InChI is InChI=1S/C19H16ClFN2O3/c20-15-3-1-2-13(8-15)10-22-19(24)12-25-11-17-9-18(26-23-17)14-4-6-16(21)7-5-14/h1-9H,10-12H2,(H,22,24). The highest BCUT2D eigenvalue weighted by molar-refractivity contribution is 6.30. The second kappa shape index (κ2) is 8.60. The molecule has 0 aliphatic rings. The number of nitrogens with one attached hydrogen (secondary N) is 1. The number of hydrogen-bond acceptors (Lipinski definition) is 4. The Bertz CT molecular complexity index is 881. The van der Waals surface area contributed by atoms with Crippen molar-refractivity contribution in [2.45, 2.75) is 13.2 Å². The van der Waals surface area contributed by atoms with Crippen LogP contribution in [0.25, 0.3) is 11.3 Å². The first-order valence-corrected chi connectivity index (χ1v) is 8.28. The lowest BCUT2D eigenvalue weighted by atomic mass is 10.1. The molecule has 0 atom stereocenters. The van der Waals surface area contributed by atoms with Gasteiger partial charge in [-0.05, 0) is 42.0 Å². The maximum absolute atomic E-state index is 12.9. The van der Waals surface area contributed by atoms with Gasteiger partial charge in [0.2, 0.25) is 5.91 Å². The Labute approximate surface area is 154 Å². The molecule has 3 aromatic rings. The highest BCUT2D eigenvalue weighted by Gasteiger charge is 2.08. The lowest BCUT2D eigenvalue weighted by Crippen LogP contribution is -2.27. The van der Waals surface area contributed by atoms with Crippen LogP contribution in [-0.4, -0.2) is 17.7 Å². The van der Waals surface area contributed by atoms with Crippen LogP contribution in [0.2, 0.25) is 5.02 Å². The predicted molar refractivity (Wildman–Crippen MR) is 94.9 cm³/mol. The number of ether oxygens (including phenoxy) is 1. The Morgan fingerprint density at radius 2 is 2.00 bits per heavy atom. The van der Waals surface area contributed by atoms with Crippen LogP contribution in [0.1, 0.15) is 11.3 Å². The summed E-state index contributed by atoms with van der Waals surface area (Å²) in [5.41, 5.74) is 2.17. The molecule has 0 saturated heterocycles. The number of rotatable bonds is 7. The minimum Gasteiger partial charge on any atom is -0.365 e. The summed E-state index contributed by atoms with van der Waals surface area (Å²) in [6, 6.07) is 14.8. The fourth-order valence-electron chi connectivity index (χ4n) is 2.28. The molecule has 5 nitrogen and oxygen atoms in total. The SMILES string of the molecule is O=C(COCc1cc(-c2ccc(F)cc2)on1)NCc1cccc(Cl)c1. The molecule has 0 saturated carbocycles. The number of amides is 1. The second-order valence-electron chi connectivity index (χ2n) is 5.59. The van der Waals surface area contributed by atoms with Crippen molar-refractivity contribution in [3.63, 3.8) is 0 Å². The molecular weight excluding hydrogens is 359 g/mol. The van der Waals surface area contributed by atoms with Crippen molar-refractivity contribution in [1.82, 2.24) is 10.5 Å². The van der Waals surface area contributed by atoms with E-state index in [0.717, 1.165) is 5.56 Å². The molecule has 0 unspecified atom stereocenters. The van der Waals surface area contributed by atoms with Gasteiger partial charge in [-0.3, -0.25) is 4.79 Å². The van der Waals surface area contributed by atoms with Gasteiger partial charge in [0.25, 0.3) is 0 Å². The quantitative estimate of drug-likeness (QED) is 0.679. The first-order valence-electron chi connectivity index (χ1n) is 7.90. The van der Waals surface area contributed by atoms with Crippen LogP contribution in [0.4, 0.5) is 4.39 Å². The minimum atomic E-state index is -0.319. The van der Waals surface area contributed by atoms with Crippen LogP contribution in [0.15, 0.2) is 59.1 Å². The predicted octanol–water partition coefficient (Wildman–Crippen LogP) is 3.97. The third kappa shape index (κ3) is 5.15. The summed E-state index contributed by atoms with van der Waals surface area (Å²) in [5.74, 6) is -0.0538. The van der Waals surface area contributed by atoms with E-state index >= 15 is 0 Å². The van der Waals surface area contributed by atoms with Crippen molar-refractivity contribution >= 4 is 17.5 Å². The van der Waals surface area contributed by atoms with Gasteiger partial charge in [-0.1, -0.05) is 28.9 Å². The molecule has 134 valence electrons. The van der Waals surface area contributed by atoms with E-state index in [1.165, 1.54) is 12.1 Å². The highest BCUT2D eigenvalue weighted by atomic mass is 35.5. The van der Waals surface area contributed by atoms with Crippen molar-refractivity contribution in [2.24, 2.45) is 0 Å². The molecule has 1 amide bonds. The highest BCUT2D eigenvalue weighted by Crippen LogP contribution is 2.20. The van der Waals surface area contributed by atoms with Crippen molar-refractivity contribution in [1.29, 1.82) is 0 Å². The Balaban J connectivity index is 1.43. The number of aromatic nitrogens is 1. The summed E-state index contributed by atoms with van der Waals surface area (Å²) in [6.45, 7) is 0.413. The van der Waals surface area contributed by atoms with Crippen LogP contribution >= 0.6 is 11.6 Å². The molecular formula is C19H16ClFN2O3. The molecule has 0 fully saturated rings. The molecule has 3 rings (SSSR count). The van der Waals surface area contributed by atoms with E-state index in [-0.39, 0.29) is 24.9 Å². The van der Waals surface area contributed by atoms with Gasteiger partial charge in [0.15, 0.2) is 5.76 Å². The molecule has 2 aromatic carbocycles. The normalized spacial score (nSPS) is 10.7. The van der Waals surface area contributed by atoms with Crippen LogP contribution < -0.4 is 5.32 Å². The molecule has 0 aliphatic heterocycles. The van der Waals surface area contributed by atoms with Gasteiger partial charge in [0.1, 0.15) is 18.1 Å². The Kier molecular flexibility index (Phi) is 5.99. The van der Waals surface area contributed by atoms with E-state index in [2.05, 4.69) is 10.5 Å². The zero-order valence-corrected chi connectivity index (χ0v) is 14.5. The third-order valence-corrected chi connectivity index (χ3v) is 3.78. The van der Waals surface area contributed by atoms with Crippen LogP contribution in [0, 0.1) is 5.82 Å². The number of carbonyl (C=O) groups excluding carboxylic acids is 1. The number of nitrogens with zero attached hydrogens (tertiary/aromatic N) is 1. The molecule has 7 heteroatoms. The average molecular weight is 375 g/mol. The minimum absolute atomic E-state index is 0.0979. The number of hydrogen-bond donors (Lipinski definition) is 1. The lowest BCUT2D eigenvalue weighted by molar-refractivity contribution is -0.126. The molecule has 0 aliphatic carbocycles. The van der Waals surface area contributed by atoms with Crippen molar-refractivity contribution in [3.8, 4) is 11.3 Å². The van der Waals surface area contributed by atoms with Crippen molar-refractivity contribution in [3.05, 3.63) is 76.7 Å². The van der Waals surface area contributed by atoms with E-state index in [9.17, 15) is 9.18 Å². The molecule has 1 N–H and O–H groups in total. The van der Waals surface area contributed by atoms with Gasteiger partial charge in [0, 0.05) is 23.2 Å². The van der Waals surface area contributed by atoms with E-state index in [0.29, 0.717) is 28.6 Å². The maximum Gasteiger partial charge on any atom is 0.246 e. The maximum atomic E-state index is 12.9. The summed E-state index contributed by atoms with van der Waals surface area (Å²) in [5, 5.41) is 7.24. The summed E-state index contributed by atoms with van der Waals surface area (Å²) >= 11 is 5.89. The van der Waals surface area contributed by atoms with E-state index in [4.69, 9.17) is 20.9 Å². The van der Waals surface area contributed by atoms with Gasteiger partial charge in [0.05, 0.1) is 6.61 Å². The fraction of sp³-hybridized carbons (Fsp3) is 0.158. The Morgan fingerprint density at radius 3 is 2.77 bits per heavy atom. The molecule has 1 heterocycles. The Morgan fingerprint density at radius 1 is 1.19 bits per heavy atom. The monoisotopic (exact) mass is 374 g/mol. The summed E-state index contributed by atoms with van der Waals surface area (Å²) in [4.78, 5) is 11.8. The summed E-state index contributed by atoms with van der Waals surface area (Å²) in [6.07, 6.45) is 0. The van der Waals surface area contributed by atoms with Gasteiger partial charge in [-0.25, -0.2) is 4.39 Å². The Hall–Kier alpha value is -2.70. The van der Waals surface area contributed by atoms with Gasteiger partial charge in [-0.15, -0.1) is 0 Å². The first-order chi connectivity index (χ1) is 12.6. The largest absolute Gasteiger partial charge is 0.365 e. The lowest BCUT2D eigenvalue weighted by Gasteiger charge is -2.06. The first kappa shape index (κ1) is 18.1. The molecule has 1 aromatic heterocycles. The van der Waals surface area contributed by atoms with E-state index in [1.54, 1.807) is 30.3 Å². The smallest absolute Gasteiger partial charge is 0.246 e. The fourth-order valence-corrected chi connectivity index (χ4v) is 2.49.